The van der Waals surface area contributed by atoms with Crippen LogP contribution >= 0.6 is 0 Å². The number of benzene rings is 2. The van der Waals surface area contributed by atoms with E-state index in [1.54, 1.807) is 12.1 Å². The van der Waals surface area contributed by atoms with Crippen molar-refractivity contribution in [2.24, 2.45) is 4.99 Å². The van der Waals surface area contributed by atoms with Gasteiger partial charge in [-0.1, -0.05) is 31.0 Å². The zero-order valence-electron chi connectivity index (χ0n) is 14.9. The molecule has 26 heavy (non-hydrogen) atoms. The number of hydrogen-bond donors (Lipinski definition) is 0. The van der Waals surface area contributed by atoms with Crippen LogP contribution in [-0.4, -0.2) is 16.2 Å². The van der Waals surface area contributed by atoms with Crippen LogP contribution in [0.5, 0.6) is 0 Å². The molecule has 1 fully saturated rings. The van der Waals surface area contributed by atoms with Gasteiger partial charge in [0, 0.05) is 22.7 Å². The molecule has 5 rings (SSSR count). The van der Waals surface area contributed by atoms with E-state index in [1.165, 1.54) is 18.4 Å². The first-order valence-electron chi connectivity index (χ1n) is 9.39. The van der Waals surface area contributed by atoms with Crippen molar-refractivity contribution < 1.29 is 4.39 Å². The summed E-state index contributed by atoms with van der Waals surface area (Å²) in [5.74, 6) is -0.161. The van der Waals surface area contributed by atoms with Gasteiger partial charge in [0.05, 0.1) is 16.8 Å². The van der Waals surface area contributed by atoms with Crippen LogP contribution in [0.3, 0.4) is 0 Å². The number of halogens is 1. The summed E-state index contributed by atoms with van der Waals surface area (Å²) >= 11 is 0. The molecule has 0 saturated heterocycles. The second-order valence-electron chi connectivity index (χ2n) is 7.68. The molecule has 2 heterocycles. The van der Waals surface area contributed by atoms with Crippen molar-refractivity contribution in [3.8, 4) is 0 Å². The molecule has 1 aromatic heterocycles. The number of aromatic nitrogens is 1. The molecule has 1 saturated carbocycles. The van der Waals surface area contributed by atoms with E-state index in [0.717, 1.165) is 52.6 Å². The van der Waals surface area contributed by atoms with Crippen molar-refractivity contribution in [1.29, 1.82) is 0 Å². The van der Waals surface area contributed by atoms with E-state index in [4.69, 9.17) is 4.99 Å². The molecule has 0 atom stereocenters. The van der Waals surface area contributed by atoms with Gasteiger partial charge in [0.2, 0.25) is 0 Å². The lowest BCUT2D eigenvalue weighted by Crippen LogP contribution is -2.33. The summed E-state index contributed by atoms with van der Waals surface area (Å²) in [4.78, 5) is 9.94. The molecule has 1 aliphatic heterocycles. The SMILES string of the molecule is Cc1c(C2=NC3(CCCC3)Cc3cc(F)ccc32)cnc2ccccc12. The molecular formula is C23H21FN2. The second-order valence-corrected chi connectivity index (χ2v) is 7.68. The summed E-state index contributed by atoms with van der Waals surface area (Å²) < 4.78 is 13.9. The Morgan fingerprint density at radius 1 is 1.00 bits per heavy atom. The van der Waals surface area contributed by atoms with Gasteiger partial charge in [0.1, 0.15) is 5.82 Å². The quantitative estimate of drug-likeness (QED) is 0.581. The average molecular weight is 344 g/mol. The fourth-order valence-corrected chi connectivity index (χ4v) is 4.68. The highest BCUT2D eigenvalue weighted by atomic mass is 19.1. The molecule has 3 aromatic rings. The lowest BCUT2D eigenvalue weighted by molar-refractivity contribution is 0.433. The Morgan fingerprint density at radius 3 is 2.65 bits per heavy atom. The number of rotatable bonds is 1. The van der Waals surface area contributed by atoms with E-state index < -0.39 is 0 Å². The number of aryl methyl sites for hydroxylation is 1. The van der Waals surface area contributed by atoms with Gasteiger partial charge >= 0.3 is 0 Å². The monoisotopic (exact) mass is 344 g/mol. The molecule has 0 N–H and O–H groups in total. The van der Waals surface area contributed by atoms with Crippen LogP contribution in [0.2, 0.25) is 0 Å². The van der Waals surface area contributed by atoms with Crippen molar-refractivity contribution in [3.05, 3.63) is 76.7 Å². The predicted octanol–water partition coefficient (Wildman–Crippen LogP) is 5.39. The van der Waals surface area contributed by atoms with Crippen molar-refractivity contribution in [2.45, 2.75) is 44.6 Å². The molecule has 130 valence electrons. The highest BCUT2D eigenvalue weighted by Crippen LogP contribution is 2.41. The topological polar surface area (TPSA) is 25.2 Å². The lowest BCUT2D eigenvalue weighted by atomic mass is 9.81. The normalized spacial score (nSPS) is 18.2. The Hall–Kier alpha value is -2.55. The molecule has 2 aromatic carbocycles. The van der Waals surface area contributed by atoms with Crippen LogP contribution in [0.1, 0.15) is 47.9 Å². The van der Waals surface area contributed by atoms with Crippen LogP contribution in [-0.2, 0) is 6.42 Å². The molecule has 0 radical (unpaired) electrons. The summed E-state index contributed by atoms with van der Waals surface area (Å²) in [6, 6.07) is 13.3. The number of fused-ring (bicyclic) bond motifs is 2. The summed E-state index contributed by atoms with van der Waals surface area (Å²) in [6.45, 7) is 2.14. The minimum atomic E-state index is -0.161. The first-order valence-corrected chi connectivity index (χ1v) is 9.39. The van der Waals surface area contributed by atoms with E-state index in [9.17, 15) is 4.39 Å². The fourth-order valence-electron chi connectivity index (χ4n) is 4.68. The smallest absolute Gasteiger partial charge is 0.123 e. The van der Waals surface area contributed by atoms with Gasteiger partial charge in [0.15, 0.2) is 0 Å². The second kappa shape index (κ2) is 5.73. The van der Waals surface area contributed by atoms with Crippen LogP contribution in [0.15, 0.2) is 53.7 Å². The lowest BCUT2D eigenvalue weighted by Gasteiger charge is -2.32. The third-order valence-corrected chi connectivity index (χ3v) is 6.03. The molecule has 1 aliphatic carbocycles. The maximum Gasteiger partial charge on any atom is 0.123 e. The van der Waals surface area contributed by atoms with Crippen LogP contribution in [0.4, 0.5) is 4.39 Å². The van der Waals surface area contributed by atoms with Crippen molar-refractivity contribution in [1.82, 2.24) is 4.98 Å². The van der Waals surface area contributed by atoms with Gasteiger partial charge in [0.25, 0.3) is 0 Å². The average Bonchev–Trinajstić information content (AvgIpc) is 3.09. The zero-order chi connectivity index (χ0) is 17.7. The number of aliphatic imine (C=N–C) groups is 1. The molecule has 0 amide bonds. The highest BCUT2D eigenvalue weighted by Gasteiger charge is 2.38. The molecular weight excluding hydrogens is 323 g/mol. The number of para-hydroxylation sites is 1. The molecule has 2 aliphatic rings. The van der Waals surface area contributed by atoms with Crippen molar-refractivity contribution >= 4 is 16.6 Å². The van der Waals surface area contributed by atoms with Crippen LogP contribution in [0.25, 0.3) is 10.9 Å². The fraction of sp³-hybridized carbons (Fsp3) is 0.304. The Balaban J connectivity index is 1.76. The van der Waals surface area contributed by atoms with Crippen molar-refractivity contribution in [2.75, 3.05) is 0 Å². The Morgan fingerprint density at radius 2 is 1.81 bits per heavy atom. The van der Waals surface area contributed by atoms with Crippen LogP contribution < -0.4 is 0 Å². The Bertz CT molecular complexity index is 1050. The zero-order valence-corrected chi connectivity index (χ0v) is 14.9. The minimum Gasteiger partial charge on any atom is -0.277 e. The third-order valence-electron chi connectivity index (χ3n) is 6.03. The molecule has 2 nitrogen and oxygen atoms in total. The molecule has 3 heteroatoms. The third kappa shape index (κ3) is 2.38. The highest BCUT2D eigenvalue weighted by molar-refractivity contribution is 6.16. The van der Waals surface area contributed by atoms with Gasteiger partial charge in [-0.25, -0.2) is 4.39 Å². The van der Waals surface area contributed by atoms with Gasteiger partial charge in [-0.2, -0.15) is 0 Å². The molecule has 0 bridgehead atoms. The maximum absolute atomic E-state index is 13.9. The van der Waals surface area contributed by atoms with E-state index in [-0.39, 0.29) is 11.4 Å². The molecule has 1 spiro atoms. The number of nitrogens with zero attached hydrogens (tertiary/aromatic N) is 2. The van der Waals surface area contributed by atoms with Crippen LogP contribution in [0, 0.1) is 12.7 Å². The summed E-state index contributed by atoms with van der Waals surface area (Å²) in [6.07, 6.45) is 7.38. The number of pyridine rings is 1. The largest absolute Gasteiger partial charge is 0.277 e. The van der Waals surface area contributed by atoms with E-state index in [1.807, 2.05) is 30.5 Å². The van der Waals surface area contributed by atoms with Gasteiger partial charge < -0.3 is 0 Å². The van der Waals surface area contributed by atoms with Crippen molar-refractivity contribution in [3.63, 3.8) is 0 Å². The minimum absolute atomic E-state index is 0.0613. The molecule has 0 unspecified atom stereocenters. The summed E-state index contributed by atoms with van der Waals surface area (Å²) in [7, 11) is 0. The predicted molar refractivity (Wildman–Crippen MR) is 103 cm³/mol. The Labute approximate surface area is 152 Å². The summed E-state index contributed by atoms with van der Waals surface area (Å²) in [5, 5.41) is 1.16. The van der Waals surface area contributed by atoms with E-state index in [0.29, 0.717) is 0 Å². The van der Waals surface area contributed by atoms with Gasteiger partial charge in [-0.3, -0.25) is 9.98 Å². The number of hydrogen-bond acceptors (Lipinski definition) is 2. The van der Waals surface area contributed by atoms with Gasteiger partial charge in [-0.15, -0.1) is 0 Å². The summed E-state index contributed by atoms with van der Waals surface area (Å²) in [5.41, 5.74) is 6.34. The standard InChI is InChI=1S/C23H21FN2/c1-15-18-6-2-3-7-21(18)25-14-20(15)22-19-9-8-17(24)12-16(19)13-23(26-22)10-4-5-11-23/h2-3,6-9,12,14H,4-5,10-11,13H2,1H3. The first-order chi connectivity index (χ1) is 12.7. The maximum atomic E-state index is 13.9. The van der Waals surface area contributed by atoms with Gasteiger partial charge in [-0.05, 0) is 61.6 Å². The van der Waals surface area contributed by atoms with E-state index in [2.05, 4.69) is 18.0 Å². The van der Waals surface area contributed by atoms with E-state index >= 15 is 0 Å². The first kappa shape index (κ1) is 15.7. The Kier molecular flexibility index (Phi) is 3.46.